The maximum atomic E-state index is 5.65. The number of ether oxygens (including phenoxy) is 2. The van der Waals surface area contributed by atoms with Crippen LogP contribution < -0.4 is 10.6 Å². The van der Waals surface area contributed by atoms with Crippen molar-refractivity contribution in [1.82, 2.24) is 15.5 Å². The van der Waals surface area contributed by atoms with Crippen LogP contribution in [0.3, 0.4) is 0 Å². The largest absolute Gasteiger partial charge is 0.379 e. The predicted octanol–water partition coefficient (Wildman–Crippen LogP) is 0.831. The van der Waals surface area contributed by atoms with E-state index in [9.17, 15) is 0 Å². The first kappa shape index (κ1) is 17.5. The van der Waals surface area contributed by atoms with Gasteiger partial charge in [-0.1, -0.05) is 0 Å². The van der Waals surface area contributed by atoms with Crippen molar-refractivity contribution >= 4 is 5.96 Å². The van der Waals surface area contributed by atoms with Crippen LogP contribution in [0.25, 0.3) is 0 Å². The molecule has 2 fully saturated rings. The SMILES string of the molecule is CCNC(=NCC(C)(C)N1CCOCC1)NCC1CCCO1. The third-order valence-electron chi connectivity index (χ3n) is 4.36. The van der Waals surface area contributed by atoms with Gasteiger partial charge in [-0.25, -0.2) is 0 Å². The first-order valence-electron chi connectivity index (χ1n) is 8.58. The van der Waals surface area contributed by atoms with E-state index in [-0.39, 0.29) is 5.54 Å². The van der Waals surface area contributed by atoms with Crippen LogP contribution in [0.15, 0.2) is 4.99 Å². The van der Waals surface area contributed by atoms with E-state index in [0.29, 0.717) is 6.10 Å². The average Bonchev–Trinajstić information content (AvgIpc) is 3.04. The molecule has 2 heterocycles. The highest BCUT2D eigenvalue weighted by Crippen LogP contribution is 2.16. The summed E-state index contributed by atoms with van der Waals surface area (Å²) in [4.78, 5) is 7.24. The fraction of sp³-hybridized carbons (Fsp3) is 0.938. The molecular weight excluding hydrogens is 280 g/mol. The van der Waals surface area contributed by atoms with E-state index < -0.39 is 0 Å². The van der Waals surface area contributed by atoms with Gasteiger partial charge >= 0.3 is 0 Å². The number of nitrogens with zero attached hydrogens (tertiary/aromatic N) is 2. The predicted molar refractivity (Wildman–Crippen MR) is 89.4 cm³/mol. The third kappa shape index (κ3) is 5.41. The van der Waals surface area contributed by atoms with Crippen molar-refractivity contribution in [2.24, 2.45) is 4.99 Å². The summed E-state index contributed by atoms with van der Waals surface area (Å²) in [7, 11) is 0. The topological polar surface area (TPSA) is 58.1 Å². The summed E-state index contributed by atoms with van der Waals surface area (Å²) in [5.74, 6) is 0.888. The van der Waals surface area contributed by atoms with Crippen LogP contribution in [0.2, 0.25) is 0 Å². The minimum atomic E-state index is 0.0516. The van der Waals surface area contributed by atoms with E-state index in [1.54, 1.807) is 0 Å². The highest BCUT2D eigenvalue weighted by atomic mass is 16.5. The quantitative estimate of drug-likeness (QED) is 0.562. The Balaban J connectivity index is 1.84. The van der Waals surface area contributed by atoms with E-state index >= 15 is 0 Å². The number of hydrogen-bond acceptors (Lipinski definition) is 4. The van der Waals surface area contributed by atoms with E-state index in [1.165, 1.54) is 6.42 Å². The molecule has 6 heteroatoms. The number of rotatable bonds is 6. The summed E-state index contributed by atoms with van der Waals surface area (Å²) < 4.78 is 11.1. The maximum Gasteiger partial charge on any atom is 0.191 e. The molecule has 1 unspecified atom stereocenters. The lowest BCUT2D eigenvalue weighted by Gasteiger charge is -2.39. The van der Waals surface area contributed by atoms with Gasteiger partial charge in [0.05, 0.1) is 25.9 Å². The second kappa shape index (κ2) is 8.70. The van der Waals surface area contributed by atoms with Crippen LogP contribution in [0.5, 0.6) is 0 Å². The van der Waals surface area contributed by atoms with Crippen molar-refractivity contribution in [2.75, 3.05) is 52.5 Å². The lowest BCUT2D eigenvalue weighted by molar-refractivity contribution is -0.00684. The van der Waals surface area contributed by atoms with Gasteiger partial charge in [-0.05, 0) is 33.6 Å². The molecule has 2 N–H and O–H groups in total. The van der Waals surface area contributed by atoms with E-state index in [4.69, 9.17) is 14.5 Å². The fourth-order valence-corrected chi connectivity index (χ4v) is 2.90. The second-order valence-electron chi connectivity index (χ2n) is 6.62. The van der Waals surface area contributed by atoms with Crippen LogP contribution >= 0.6 is 0 Å². The molecule has 22 heavy (non-hydrogen) atoms. The van der Waals surface area contributed by atoms with Gasteiger partial charge in [0.2, 0.25) is 0 Å². The molecule has 0 radical (unpaired) electrons. The monoisotopic (exact) mass is 312 g/mol. The van der Waals surface area contributed by atoms with Crippen molar-refractivity contribution in [1.29, 1.82) is 0 Å². The highest BCUT2D eigenvalue weighted by molar-refractivity contribution is 5.79. The summed E-state index contributed by atoms with van der Waals surface area (Å²) in [6.07, 6.45) is 2.64. The Morgan fingerprint density at radius 1 is 1.23 bits per heavy atom. The first-order valence-corrected chi connectivity index (χ1v) is 8.58. The smallest absolute Gasteiger partial charge is 0.191 e. The van der Waals surface area contributed by atoms with Crippen LogP contribution in [-0.2, 0) is 9.47 Å². The summed E-state index contributed by atoms with van der Waals surface area (Å²) in [5, 5.41) is 6.73. The van der Waals surface area contributed by atoms with Gasteiger partial charge in [-0.2, -0.15) is 0 Å². The fourth-order valence-electron chi connectivity index (χ4n) is 2.90. The molecule has 6 nitrogen and oxygen atoms in total. The molecule has 2 saturated heterocycles. The van der Waals surface area contributed by atoms with Crippen molar-refractivity contribution < 1.29 is 9.47 Å². The lowest BCUT2D eigenvalue weighted by atomic mass is 10.0. The van der Waals surface area contributed by atoms with Gasteiger partial charge in [-0.15, -0.1) is 0 Å². The van der Waals surface area contributed by atoms with Crippen molar-refractivity contribution in [3.8, 4) is 0 Å². The Kier molecular flexibility index (Phi) is 6.92. The number of morpholine rings is 1. The zero-order chi connectivity index (χ0) is 15.8. The lowest BCUT2D eigenvalue weighted by Crippen LogP contribution is -2.52. The normalized spacial score (nSPS) is 24.5. The van der Waals surface area contributed by atoms with E-state index in [1.807, 2.05) is 0 Å². The van der Waals surface area contributed by atoms with Gasteiger partial charge in [0.25, 0.3) is 0 Å². The minimum Gasteiger partial charge on any atom is -0.379 e. The summed E-state index contributed by atoms with van der Waals surface area (Å²) in [6.45, 7) is 13.6. The first-order chi connectivity index (χ1) is 10.6. The third-order valence-corrected chi connectivity index (χ3v) is 4.36. The summed E-state index contributed by atoms with van der Waals surface area (Å²) >= 11 is 0. The molecule has 128 valence electrons. The van der Waals surface area contributed by atoms with Crippen molar-refractivity contribution in [3.63, 3.8) is 0 Å². The van der Waals surface area contributed by atoms with Gasteiger partial charge in [0.1, 0.15) is 0 Å². The zero-order valence-corrected chi connectivity index (χ0v) is 14.4. The van der Waals surface area contributed by atoms with E-state index in [2.05, 4.69) is 36.3 Å². The maximum absolute atomic E-state index is 5.65. The Morgan fingerprint density at radius 2 is 2.00 bits per heavy atom. The molecular formula is C16H32N4O2. The number of aliphatic imine (C=N–C) groups is 1. The highest BCUT2D eigenvalue weighted by Gasteiger charge is 2.28. The molecule has 2 aliphatic heterocycles. The summed E-state index contributed by atoms with van der Waals surface area (Å²) in [6, 6.07) is 0. The molecule has 0 aromatic rings. The van der Waals surface area contributed by atoms with E-state index in [0.717, 1.165) is 64.9 Å². The molecule has 0 aromatic carbocycles. The number of guanidine groups is 1. The van der Waals surface area contributed by atoms with Crippen LogP contribution in [0.4, 0.5) is 0 Å². The Hall–Kier alpha value is -0.850. The van der Waals surface area contributed by atoms with Crippen LogP contribution in [0.1, 0.15) is 33.6 Å². The van der Waals surface area contributed by atoms with Crippen LogP contribution in [-0.4, -0.2) is 75.0 Å². The molecule has 0 amide bonds. The van der Waals surface area contributed by atoms with Gasteiger partial charge in [-0.3, -0.25) is 9.89 Å². The molecule has 0 spiro atoms. The standard InChI is InChI=1S/C16H32N4O2/c1-4-17-15(18-12-14-6-5-9-22-14)19-13-16(2,3)20-7-10-21-11-8-20/h14H,4-13H2,1-3H3,(H2,17,18,19). The van der Waals surface area contributed by atoms with Crippen molar-refractivity contribution in [3.05, 3.63) is 0 Å². The Labute approximate surface area is 134 Å². The van der Waals surface area contributed by atoms with Gasteiger partial charge in [0.15, 0.2) is 5.96 Å². The molecule has 2 rings (SSSR count). The average molecular weight is 312 g/mol. The Morgan fingerprint density at radius 3 is 2.64 bits per heavy atom. The number of hydrogen-bond donors (Lipinski definition) is 2. The zero-order valence-electron chi connectivity index (χ0n) is 14.4. The molecule has 0 aromatic heterocycles. The minimum absolute atomic E-state index is 0.0516. The van der Waals surface area contributed by atoms with Crippen LogP contribution in [0, 0.1) is 0 Å². The Bertz CT molecular complexity index is 348. The van der Waals surface area contributed by atoms with Crippen molar-refractivity contribution in [2.45, 2.75) is 45.3 Å². The molecule has 2 aliphatic rings. The molecule has 0 bridgehead atoms. The van der Waals surface area contributed by atoms with Gasteiger partial charge < -0.3 is 20.1 Å². The number of nitrogens with one attached hydrogen (secondary N) is 2. The molecule has 1 atom stereocenters. The molecule has 0 saturated carbocycles. The van der Waals surface area contributed by atoms with Gasteiger partial charge in [0, 0.05) is 38.3 Å². The second-order valence-corrected chi connectivity index (χ2v) is 6.62. The summed E-state index contributed by atoms with van der Waals surface area (Å²) in [5.41, 5.74) is 0.0516. The molecule has 0 aliphatic carbocycles.